The zero-order valence-electron chi connectivity index (χ0n) is 14.2. The Labute approximate surface area is 144 Å². The number of imidazole rings is 1. The van der Waals surface area contributed by atoms with Crippen LogP contribution in [0.1, 0.15) is 41.1 Å². The number of aromatic nitrogens is 2. The largest absolute Gasteiger partial charge is 0.465 e. The average Bonchev–Trinajstić information content (AvgIpc) is 3.15. The van der Waals surface area contributed by atoms with Crippen LogP contribution in [0.25, 0.3) is 0 Å². The van der Waals surface area contributed by atoms with Gasteiger partial charge in [0, 0.05) is 17.3 Å². The third-order valence-electron chi connectivity index (χ3n) is 2.94. The number of rotatable bonds is 5. The molecule has 24 heavy (non-hydrogen) atoms. The fourth-order valence-corrected chi connectivity index (χ4v) is 2.88. The Kier molecular flexibility index (Phi) is 5.61. The van der Waals surface area contributed by atoms with E-state index >= 15 is 0 Å². The van der Waals surface area contributed by atoms with Crippen molar-refractivity contribution in [1.82, 2.24) is 14.9 Å². The van der Waals surface area contributed by atoms with Gasteiger partial charge in [-0.1, -0.05) is 0 Å². The lowest BCUT2D eigenvalue weighted by Gasteiger charge is -2.26. The van der Waals surface area contributed by atoms with E-state index in [4.69, 9.17) is 9.47 Å². The Hall–Kier alpha value is -2.35. The van der Waals surface area contributed by atoms with Crippen molar-refractivity contribution >= 4 is 23.4 Å². The second-order valence-electron chi connectivity index (χ2n) is 6.13. The van der Waals surface area contributed by atoms with Crippen LogP contribution in [0.15, 0.2) is 24.5 Å². The Morgan fingerprint density at radius 3 is 2.62 bits per heavy atom. The van der Waals surface area contributed by atoms with E-state index < -0.39 is 11.7 Å². The Morgan fingerprint density at radius 1 is 1.29 bits per heavy atom. The number of nitrogens with one attached hydrogen (secondary N) is 1. The summed E-state index contributed by atoms with van der Waals surface area (Å²) in [5.41, 5.74) is -0.592. The molecular formula is C16H21N3O4S. The van der Waals surface area contributed by atoms with Crippen molar-refractivity contribution in [2.24, 2.45) is 0 Å². The molecule has 2 aromatic rings. The van der Waals surface area contributed by atoms with Gasteiger partial charge in [0.05, 0.1) is 20.2 Å². The molecule has 7 nitrogen and oxygen atoms in total. The predicted octanol–water partition coefficient (Wildman–Crippen LogP) is 3.20. The molecular weight excluding hydrogens is 330 g/mol. The van der Waals surface area contributed by atoms with Crippen molar-refractivity contribution in [3.8, 4) is 0 Å². The van der Waals surface area contributed by atoms with Crippen molar-refractivity contribution in [2.45, 2.75) is 39.5 Å². The fraction of sp³-hybridized carbons (Fsp3) is 0.438. The molecule has 0 aromatic carbocycles. The summed E-state index contributed by atoms with van der Waals surface area (Å²) < 4.78 is 10.2. The van der Waals surface area contributed by atoms with E-state index in [-0.39, 0.29) is 12.5 Å². The van der Waals surface area contributed by atoms with E-state index in [0.29, 0.717) is 17.2 Å². The summed E-state index contributed by atoms with van der Waals surface area (Å²) >= 11 is 1.29. The first-order chi connectivity index (χ1) is 11.3. The van der Waals surface area contributed by atoms with Crippen LogP contribution in [0.2, 0.25) is 0 Å². The molecule has 0 aliphatic rings. The molecule has 0 saturated heterocycles. The van der Waals surface area contributed by atoms with Crippen molar-refractivity contribution in [2.75, 3.05) is 7.11 Å². The number of esters is 1. The summed E-state index contributed by atoms with van der Waals surface area (Å²) in [4.78, 5) is 34.0. The lowest BCUT2D eigenvalue weighted by Crippen LogP contribution is -2.36. The topological polar surface area (TPSA) is 84.5 Å². The quantitative estimate of drug-likeness (QED) is 0.836. The number of hydrogen-bond donors (Lipinski definition) is 1. The second-order valence-corrected chi connectivity index (χ2v) is 7.30. The van der Waals surface area contributed by atoms with Crippen molar-refractivity contribution in [1.29, 1.82) is 0 Å². The van der Waals surface area contributed by atoms with Crippen LogP contribution in [0, 0.1) is 0 Å². The maximum atomic E-state index is 12.5. The lowest BCUT2D eigenvalue weighted by molar-refractivity contribution is 0.0213. The molecule has 0 fully saturated rings. The Balaban J connectivity index is 2.14. The molecule has 1 amide bonds. The van der Waals surface area contributed by atoms with Crippen molar-refractivity contribution in [3.05, 3.63) is 40.1 Å². The van der Waals surface area contributed by atoms with E-state index in [1.165, 1.54) is 23.3 Å². The molecule has 8 heteroatoms. The smallest absolute Gasteiger partial charge is 0.411 e. The first-order valence-electron chi connectivity index (χ1n) is 7.41. The van der Waals surface area contributed by atoms with Gasteiger partial charge in [0.15, 0.2) is 0 Å². The SMILES string of the molecule is COC(=O)c1ccc(CN(Cc2ncc[nH]2)C(=O)OC(C)(C)C)s1. The first kappa shape index (κ1) is 18.0. The number of amides is 1. The standard InChI is InChI=1S/C16H21N3O4S/c1-16(2,3)23-15(21)19(10-13-17-7-8-18-13)9-11-5-6-12(24-11)14(20)22-4/h5-8H,9-10H2,1-4H3,(H,17,18). The van der Waals surface area contributed by atoms with E-state index in [1.807, 2.05) is 20.8 Å². The summed E-state index contributed by atoms with van der Waals surface area (Å²) in [5.74, 6) is 0.270. The third kappa shape index (κ3) is 5.09. The minimum absolute atomic E-state index is 0.285. The molecule has 0 radical (unpaired) electrons. The van der Waals surface area contributed by atoms with E-state index in [2.05, 4.69) is 9.97 Å². The van der Waals surface area contributed by atoms with Crippen LogP contribution >= 0.6 is 11.3 Å². The summed E-state index contributed by atoms with van der Waals surface area (Å²) in [6.07, 6.45) is 2.89. The molecule has 2 rings (SSSR count). The number of ether oxygens (including phenoxy) is 2. The fourth-order valence-electron chi connectivity index (χ4n) is 1.94. The summed E-state index contributed by atoms with van der Waals surface area (Å²) in [6, 6.07) is 3.49. The number of methoxy groups -OCH3 is 1. The Morgan fingerprint density at radius 2 is 2.04 bits per heavy atom. The van der Waals surface area contributed by atoms with Crippen LogP contribution in [0.5, 0.6) is 0 Å². The highest BCUT2D eigenvalue weighted by molar-refractivity contribution is 7.13. The summed E-state index contributed by atoms with van der Waals surface area (Å²) in [5, 5.41) is 0. The average molecular weight is 351 g/mol. The molecule has 2 aromatic heterocycles. The van der Waals surface area contributed by atoms with Gasteiger partial charge in [0.25, 0.3) is 0 Å². The van der Waals surface area contributed by atoms with Gasteiger partial charge in [-0.3, -0.25) is 4.90 Å². The van der Waals surface area contributed by atoms with Crippen molar-refractivity contribution < 1.29 is 19.1 Å². The second kappa shape index (κ2) is 7.48. The minimum Gasteiger partial charge on any atom is -0.465 e. The molecule has 0 atom stereocenters. The summed E-state index contributed by atoms with van der Waals surface area (Å²) in [6.45, 7) is 6.05. The number of carbonyl (C=O) groups excluding carboxylic acids is 2. The van der Waals surface area contributed by atoms with Gasteiger partial charge in [0.1, 0.15) is 16.3 Å². The number of thiophene rings is 1. The van der Waals surface area contributed by atoms with Gasteiger partial charge in [-0.25, -0.2) is 14.6 Å². The maximum absolute atomic E-state index is 12.5. The van der Waals surface area contributed by atoms with Crippen LogP contribution in [0.3, 0.4) is 0 Å². The van der Waals surface area contributed by atoms with Crippen LogP contribution < -0.4 is 0 Å². The maximum Gasteiger partial charge on any atom is 0.411 e. The molecule has 0 saturated carbocycles. The predicted molar refractivity (Wildman–Crippen MR) is 89.7 cm³/mol. The molecule has 1 N–H and O–H groups in total. The van der Waals surface area contributed by atoms with E-state index in [9.17, 15) is 9.59 Å². The number of aromatic amines is 1. The molecule has 0 spiro atoms. The zero-order chi connectivity index (χ0) is 17.7. The third-order valence-corrected chi connectivity index (χ3v) is 3.99. The van der Waals surface area contributed by atoms with Gasteiger partial charge in [-0.15, -0.1) is 11.3 Å². The molecule has 0 bridgehead atoms. The highest BCUT2D eigenvalue weighted by Gasteiger charge is 2.24. The van der Waals surface area contributed by atoms with Crippen LogP contribution in [0.4, 0.5) is 4.79 Å². The number of carbonyl (C=O) groups is 2. The number of hydrogen-bond acceptors (Lipinski definition) is 6. The van der Waals surface area contributed by atoms with Gasteiger partial charge in [0.2, 0.25) is 0 Å². The molecule has 0 aliphatic heterocycles. The van der Waals surface area contributed by atoms with Gasteiger partial charge in [-0.05, 0) is 32.9 Å². The molecule has 2 heterocycles. The number of nitrogens with zero attached hydrogens (tertiary/aromatic N) is 2. The first-order valence-corrected chi connectivity index (χ1v) is 8.23. The summed E-state index contributed by atoms with van der Waals surface area (Å²) in [7, 11) is 1.34. The number of H-pyrrole nitrogens is 1. The van der Waals surface area contributed by atoms with Crippen LogP contribution in [-0.4, -0.2) is 39.6 Å². The monoisotopic (exact) mass is 351 g/mol. The minimum atomic E-state index is -0.592. The van der Waals surface area contributed by atoms with Gasteiger partial charge in [-0.2, -0.15) is 0 Å². The molecule has 0 unspecified atom stereocenters. The molecule has 130 valence electrons. The van der Waals surface area contributed by atoms with Gasteiger partial charge < -0.3 is 14.5 Å². The zero-order valence-corrected chi connectivity index (χ0v) is 15.0. The van der Waals surface area contributed by atoms with Crippen molar-refractivity contribution in [3.63, 3.8) is 0 Å². The molecule has 0 aliphatic carbocycles. The van der Waals surface area contributed by atoms with Gasteiger partial charge >= 0.3 is 12.1 Å². The highest BCUT2D eigenvalue weighted by Crippen LogP contribution is 2.21. The van der Waals surface area contributed by atoms with E-state index in [1.54, 1.807) is 24.5 Å². The lowest BCUT2D eigenvalue weighted by atomic mass is 10.2. The van der Waals surface area contributed by atoms with E-state index in [0.717, 1.165) is 4.88 Å². The normalized spacial score (nSPS) is 11.2. The highest BCUT2D eigenvalue weighted by atomic mass is 32.1. The Bertz CT molecular complexity index is 688. The van der Waals surface area contributed by atoms with Crippen LogP contribution in [-0.2, 0) is 22.6 Å².